The Bertz CT molecular complexity index is 12.4. The van der Waals surface area contributed by atoms with E-state index in [1.807, 2.05) is 0 Å². The number of nitrogens with zero attached hydrogens (tertiary/aromatic N) is 1. The summed E-state index contributed by atoms with van der Waals surface area (Å²) in [6.45, 7) is 0. The number of hydrogen-bond acceptors (Lipinski definition) is 2. The second-order valence-corrected chi connectivity index (χ2v) is 0.964. The van der Waals surface area contributed by atoms with Crippen LogP contribution in [0.15, 0.2) is 0 Å². The molecule has 0 unspecified atom stereocenters. The summed E-state index contributed by atoms with van der Waals surface area (Å²) in [6.07, 6.45) is 0. The SMILES string of the molecule is CN(C)N.[V]. The molecule has 31 valence electrons. The summed E-state index contributed by atoms with van der Waals surface area (Å²) >= 11 is 0. The van der Waals surface area contributed by atoms with Gasteiger partial charge in [-0.15, -0.1) is 0 Å². The fourth-order valence-electron chi connectivity index (χ4n) is 0. The van der Waals surface area contributed by atoms with E-state index in [0.29, 0.717) is 0 Å². The number of nitrogens with two attached hydrogens (primary N) is 1. The Kier molecular flexibility index (Phi) is 8.19. The predicted octanol–water partition coefficient (Wildman–Crippen LogP) is -0.581. The van der Waals surface area contributed by atoms with E-state index in [1.165, 1.54) is 5.01 Å². The molecule has 0 fully saturated rings. The molecule has 0 saturated carbocycles. The molecule has 3 heteroatoms. The van der Waals surface area contributed by atoms with E-state index in [-0.39, 0.29) is 18.6 Å². The summed E-state index contributed by atoms with van der Waals surface area (Å²) in [7, 11) is 3.56. The van der Waals surface area contributed by atoms with Gasteiger partial charge in [-0.1, -0.05) is 0 Å². The fraction of sp³-hybridized carbons (Fsp3) is 1.00. The molecule has 2 nitrogen and oxygen atoms in total. The van der Waals surface area contributed by atoms with Gasteiger partial charge in [0.05, 0.1) is 0 Å². The van der Waals surface area contributed by atoms with Crippen molar-refractivity contribution in [3.63, 3.8) is 0 Å². The molecule has 0 heterocycles. The zero-order valence-electron chi connectivity index (χ0n) is 3.47. The van der Waals surface area contributed by atoms with Crippen LogP contribution in [0.3, 0.4) is 0 Å². The first kappa shape index (κ1) is 9.09. The molecule has 0 aliphatic carbocycles. The topological polar surface area (TPSA) is 29.3 Å². The van der Waals surface area contributed by atoms with Crippen LogP contribution in [0.4, 0.5) is 0 Å². The van der Waals surface area contributed by atoms with E-state index in [0.717, 1.165) is 0 Å². The number of hydrogen-bond donors (Lipinski definition) is 1. The van der Waals surface area contributed by atoms with Gasteiger partial charge in [0.15, 0.2) is 0 Å². The summed E-state index contributed by atoms with van der Waals surface area (Å²) in [5, 5.41) is 1.50. The molecule has 1 radical (unpaired) electrons. The third-order valence-corrected chi connectivity index (χ3v) is 0. The van der Waals surface area contributed by atoms with E-state index >= 15 is 0 Å². The quantitative estimate of drug-likeness (QED) is 0.334. The molecular formula is C2H8N2V. The van der Waals surface area contributed by atoms with Crippen molar-refractivity contribution in [2.75, 3.05) is 14.1 Å². The second kappa shape index (κ2) is 4.50. The Balaban J connectivity index is 0. The van der Waals surface area contributed by atoms with Crippen LogP contribution in [0.25, 0.3) is 0 Å². The molecule has 2 N–H and O–H groups in total. The molecule has 0 amide bonds. The normalized spacial score (nSPS) is 7.20. The molecule has 0 saturated heterocycles. The van der Waals surface area contributed by atoms with Gasteiger partial charge in [0.2, 0.25) is 0 Å². The van der Waals surface area contributed by atoms with E-state index in [9.17, 15) is 0 Å². The minimum Gasteiger partial charge on any atom is -0.269 e. The summed E-state index contributed by atoms with van der Waals surface area (Å²) in [5.74, 6) is 4.94. The van der Waals surface area contributed by atoms with Crippen LogP contribution in [-0.2, 0) is 18.6 Å². The molecule has 0 rings (SSSR count). The Morgan fingerprint density at radius 2 is 1.40 bits per heavy atom. The average Bonchev–Trinajstić information content (AvgIpc) is 0.811. The van der Waals surface area contributed by atoms with Crippen molar-refractivity contribution >= 4 is 0 Å². The van der Waals surface area contributed by atoms with E-state index in [4.69, 9.17) is 5.84 Å². The smallest absolute Gasteiger partial charge is 0.00105 e. The summed E-state index contributed by atoms with van der Waals surface area (Å²) in [4.78, 5) is 0. The van der Waals surface area contributed by atoms with Crippen molar-refractivity contribution < 1.29 is 18.6 Å². The van der Waals surface area contributed by atoms with E-state index in [1.54, 1.807) is 14.1 Å². The minimum absolute atomic E-state index is 0. The van der Waals surface area contributed by atoms with Crippen LogP contribution in [0.2, 0.25) is 0 Å². The van der Waals surface area contributed by atoms with Crippen molar-refractivity contribution in [2.45, 2.75) is 0 Å². The maximum Gasteiger partial charge on any atom is 0.00105 e. The molecule has 5 heavy (non-hydrogen) atoms. The van der Waals surface area contributed by atoms with Gasteiger partial charge < -0.3 is 0 Å². The Morgan fingerprint density at radius 1 is 1.40 bits per heavy atom. The monoisotopic (exact) mass is 111 g/mol. The zero-order valence-corrected chi connectivity index (χ0v) is 4.87. The van der Waals surface area contributed by atoms with Gasteiger partial charge in [0.1, 0.15) is 0 Å². The van der Waals surface area contributed by atoms with Crippen LogP contribution >= 0.6 is 0 Å². The molecule has 0 bridgehead atoms. The van der Waals surface area contributed by atoms with Crippen molar-refractivity contribution in [1.29, 1.82) is 0 Å². The van der Waals surface area contributed by atoms with Crippen molar-refractivity contribution in [2.24, 2.45) is 5.84 Å². The molecule has 0 aromatic carbocycles. The first-order valence-corrected chi connectivity index (χ1v) is 1.15. The minimum atomic E-state index is 0. The van der Waals surface area contributed by atoms with Gasteiger partial charge in [-0.05, 0) is 0 Å². The van der Waals surface area contributed by atoms with Crippen LogP contribution in [0, 0.1) is 0 Å². The van der Waals surface area contributed by atoms with Gasteiger partial charge in [-0.2, -0.15) is 0 Å². The standard InChI is InChI=1S/C2H8N2.V/c1-4(2)3;/h3H2,1-2H3;. The van der Waals surface area contributed by atoms with E-state index < -0.39 is 0 Å². The van der Waals surface area contributed by atoms with Crippen molar-refractivity contribution in [1.82, 2.24) is 5.01 Å². The molecule has 0 aromatic heterocycles. The largest absolute Gasteiger partial charge is 0.269 e. The maximum atomic E-state index is 4.94. The van der Waals surface area contributed by atoms with Crippen molar-refractivity contribution in [3.05, 3.63) is 0 Å². The molecule has 0 spiro atoms. The van der Waals surface area contributed by atoms with Gasteiger partial charge in [-0.3, -0.25) is 10.9 Å². The molecular weight excluding hydrogens is 103 g/mol. The Morgan fingerprint density at radius 3 is 1.40 bits per heavy atom. The van der Waals surface area contributed by atoms with Gasteiger partial charge >= 0.3 is 0 Å². The first-order valence-electron chi connectivity index (χ1n) is 1.15. The number of hydrazine groups is 1. The van der Waals surface area contributed by atoms with Crippen LogP contribution in [0.5, 0.6) is 0 Å². The van der Waals surface area contributed by atoms with Gasteiger partial charge in [-0.25, -0.2) is 0 Å². The Labute approximate surface area is 44.2 Å². The predicted molar refractivity (Wildman–Crippen MR) is 17.9 cm³/mol. The maximum absolute atomic E-state index is 4.94. The zero-order chi connectivity index (χ0) is 3.58. The number of rotatable bonds is 0. The molecule has 0 aliphatic heterocycles. The van der Waals surface area contributed by atoms with Crippen LogP contribution in [-0.4, -0.2) is 19.1 Å². The second-order valence-electron chi connectivity index (χ2n) is 0.964. The average molecular weight is 111 g/mol. The summed E-state index contributed by atoms with van der Waals surface area (Å²) in [6, 6.07) is 0. The first-order chi connectivity index (χ1) is 1.73. The third kappa shape index (κ3) is 111. The summed E-state index contributed by atoms with van der Waals surface area (Å²) < 4.78 is 0. The molecule has 0 atom stereocenters. The third-order valence-electron chi connectivity index (χ3n) is 0. The van der Waals surface area contributed by atoms with Crippen LogP contribution < -0.4 is 5.84 Å². The molecule has 0 aliphatic rings. The van der Waals surface area contributed by atoms with Crippen LogP contribution in [0.1, 0.15) is 0 Å². The molecule has 0 aromatic rings. The van der Waals surface area contributed by atoms with E-state index in [2.05, 4.69) is 0 Å². The van der Waals surface area contributed by atoms with Gasteiger partial charge in [0, 0.05) is 32.7 Å². The fourth-order valence-corrected chi connectivity index (χ4v) is 0. The van der Waals surface area contributed by atoms with Gasteiger partial charge in [0.25, 0.3) is 0 Å². The van der Waals surface area contributed by atoms with Crippen molar-refractivity contribution in [3.8, 4) is 0 Å². The Hall–Kier alpha value is 0.504. The summed E-state index contributed by atoms with van der Waals surface area (Å²) in [5.41, 5.74) is 0.